The number of aromatic nitrogens is 6. The van der Waals surface area contributed by atoms with Crippen molar-refractivity contribution in [3.8, 4) is 0 Å². The number of hydrogen-bond donors (Lipinski definition) is 4. The molecule has 0 amide bonds. The fourth-order valence-corrected chi connectivity index (χ4v) is 6.97. The Bertz CT molecular complexity index is 2220. The van der Waals surface area contributed by atoms with Crippen LogP contribution in [0.1, 0.15) is 33.6 Å². The smallest absolute Gasteiger partial charge is 0.0728 e. The van der Waals surface area contributed by atoms with Gasteiger partial charge in [0.05, 0.1) is 12.1 Å². The normalized spacial score (nSPS) is 22.5. The number of pyridine rings is 4. The topological polar surface area (TPSA) is 107 Å². The SMILES string of the molecule is C1=CC2N/C1=C(/c1ccncc1)c1ccc([nH]1)/C(c1ccncc1)=C1/C=CC(N1)/C(c1ccncc1)=c1/ccc([nH]1)=C2c1ccncc1. The van der Waals surface area contributed by atoms with Gasteiger partial charge in [-0.1, -0.05) is 12.2 Å². The molecular formula is C40H30N8. The lowest BCUT2D eigenvalue weighted by Crippen LogP contribution is -2.31. The molecule has 2 unspecified atom stereocenters. The van der Waals surface area contributed by atoms with Gasteiger partial charge >= 0.3 is 0 Å². The molecule has 4 N–H and O–H groups in total. The summed E-state index contributed by atoms with van der Waals surface area (Å²) in [4.78, 5) is 24.9. The van der Waals surface area contributed by atoms with Crippen LogP contribution in [-0.4, -0.2) is 42.0 Å². The first-order chi connectivity index (χ1) is 23.8. The van der Waals surface area contributed by atoms with Gasteiger partial charge in [-0.25, -0.2) is 0 Å². The third kappa shape index (κ3) is 4.87. The van der Waals surface area contributed by atoms with Gasteiger partial charge in [0.2, 0.25) is 0 Å². The zero-order chi connectivity index (χ0) is 31.9. The van der Waals surface area contributed by atoms with Gasteiger partial charge in [-0.3, -0.25) is 19.9 Å². The first kappa shape index (κ1) is 27.7. The van der Waals surface area contributed by atoms with Crippen LogP contribution in [0.3, 0.4) is 0 Å². The highest BCUT2D eigenvalue weighted by Gasteiger charge is 2.27. The van der Waals surface area contributed by atoms with E-state index in [4.69, 9.17) is 0 Å². The molecule has 0 radical (unpaired) electrons. The van der Waals surface area contributed by atoms with Gasteiger partial charge in [-0.2, -0.15) is 0 Å². The molecule has 230 valence electrons. The number of nitrogens with one attached hydrogen (secondary N) is 4. The summed E-state index contributed by atoms with van der Waals surface area (Å²) in [7, 11) is 0. The molecule has 0 aliphatic carbocycles. The Balaban J connectivity index is 1.36. The molecule has 8 heteroatoms. The van der Waals surface area contributed by atoms with Crippen LogP contribution in [0, 0.1) is 0 Å². The molecule has 3 aliphatic rings. The molecule has 0 saturated carbocycles. The van der Waals surface area contributed by atoms with E-state index in [1.54, 1.807) is 0 Å². The molecule has 0 fully saturated rings. The summed E-state index contributed by atoms with van der Waals surface area (Å²) >= 11 is 0. The van der Waals surface area contributed by atoms with E-state index in [0.29, 0.717) is 0 Å². The number of hydrogen-bond acceptors (Lipinski definition) is 6. The molecule has 0 saturated heterocycles. The van der Waals surface area contributed by atoms with Crippen LogP contribution in [0.5, 0.6) is 0 Å². The maximum Gasteiger partial charge on any atom is 0.0728 e. The second-order valence-electron chi connectivity index (χ2n) is 11.9. The van der Waals surface area contributed by atoms with Crippen molar-refractivity contribution in [2.75, 3.05) is 0 Å². The molecule has 6 aromatic rings. The predicted molar refractivity (Wildman–Crippen MR) is 187 cm³/mol. The summed E-state index contributed by atoms with van der Waals surface area (Å²) in [5.74, 6) is 0. The molecule has 6 aromatic heterocycles. The average molecular weight is 623 g/mol. The second-order valence-corrected chi connectivity index (χ2v) is 11.9. The Labute approximate surface area is 276 Å². The maximum atomic E-state index is 4.32. The fourth-order valence-electron chi connectivity index (χ4n) is 6.97. The Kier molecular flexibility index (Phi) is 6.75. The Morgan fingerprint density at radius 1 is 0.396 bits per heavy atom. The third-order valence-corrected chi connectivity index (χ3v) is 9.11. The molecule has 8 bridgehead atoms. The van der Waals surface area contributed by atoms with Crippen molar-refractivity contribution in [3.63, 3.8) is 0 Å². The Hall–Kier alpha value is -6.54. The van der Waals surface area contributed by atoms with E-state index in [1.807, 2.05) is 49.6 Å². The van der Waals surface area contributed by atoms with Gasteiger partial charge in [0.25, 0.3) is 0 Å². The number of aromatic amines is 2. The van der Waals surface area contributed by atoms with E-state index < -0.39 is 0 Å². The van der Waals surface area contributed by atoms with Crippen molar-refractivity contribution in [1.82, 2.24) is 40.5 Å². The van der Waals surface area contributed by atoms with Crippen molar-refractivity contribution in [2.45, 2.75) is 12.1 Å². The van der Waals surface area contributed by atoms with Crippen molar-refractivity contribution >= 4 is 22.3 Å². The lowest BCUT2D eigenvalue weighted by Gasteiger charge is -2.19. The van der Waals surface area contributed by atoms with E-state index >= 15 is 0 Å². The number of nitrogens with zero attached hydrogens (tertiary/aromatic N) is 4. The summed E-state index contributed by atoms with van der Waals surface area (Å²) in [5, 5.41) is 9.81. The van der Waals surface area contributed by atoms with E-state index in [-0.39, 0.29) is 12.1 Å². The zero-order valence-electron chi connectivity index (χ0n) is 25.8. The average Bonchev–Trinajstić information content (AvgIpc) is 3.98. The van der Waals surface area contributed by atoms with Crippen molar-refractivity contribution in [3.05, 3.63) is 202 Å². The highest BCUT2D eigenvalue weighted by molar-refractivity contribution is 5.88. The fraction of sp³-hybridized carbons (Fsp3) is 0.0500. The Morgan fingerprint density at radius 2 is 0.771 bits per heavy atom. The maximum absolute atomic E-state index is 4.32. The first-order valence-electron chi connectivity index (χ1n) is 15.9. The number of H-pyrrole nitrogens is 2. The Morgan fingerprint density at radius 3 is 1.17 bits per heavy atom. The van der Waals surface area contributed by atoms with E-state index in [0.717, 1.165) is 78.0 Å². The minimum Gasteiger partial charge on any atom is -0.374 e. The zero-order valence-corrected chi connectivity index (χ0v) is 25.8. The van der Waals surface area contributed by atoms with E-state index in [2.05, 4.69) is 138 Å². The molecule has 0 aromatic carbocycles. The van der Waals surface area contributed by atoms with Gasteiger partial charge in [-0.05, 0) is 107 Å². The van der Waals surface area contributed by atoms with Gasteiger partial charge < -0.3 is 20.6 Å². The van der Waals surface area contributed by atoms with Crippen molar-refractivity contribution in [1.29, 1.82) is 0 Å². The van der Waals surface area contributed by atoms with E-state index in [1.165, 1.54) is 0 Å². The van der Waals surface area contributed by atoms with Crippen molar-refractivity contribution in [2.24, 2.45) is 0 Å². The van der Waals surface area contributed by atoms with Gasteiger partial charge in [-0.15, -0.1) is 0 Å². The monoisotopic (exact) mass is 622 g/mol. The van der Waals surface area contributed by atoms with Crippen LogP contribution in [0.15, 0.2) is 158 Å². The van der Waals surface area contributed by atoms with Crippen LogP contribution in [0.4, 0.5) is 0 Å². The van der Waals surface area contributed by atoms with Gasteiger partial charge in [0, 0.05) is 105 Å². The summed E-state index contributed by atoms with van der Waals surface area (Å²) in [6.45, 7) is 0. The largest absolute Gasteiger partial charge is 0.374 e. The minimum atomic E-state index is -0.0965. The van der Waals surface area contributed by atoms with Crippen LogP contribution in [0.2, 0.25) is 0 Å². The van der Waals surface area contributed by atoms with E-state index in [9.17, 15) is 0 Å². The number of rotatable bonds is 4. The molecule has 0 spiro atoms. The summed E-state index contributed by atoms with van der Waals surface area (Å²) in [6, 6.07) is 25.0. The molecule has 9 rings (SSSR count). The second kappa shape index (κ2) is 11.7. The lowest BCUT2D eigenvalue weighted by atomic mass is 9.99. The van der Waals surface area contributed by atoms with Crippen LogP contribution >= 0.6 is 0 Å². The summed E-state index contributed by atoms with van der Waals surface area (Å²) < 4.78 is 0. The number of allylic oxidation sites excluding steroid dienone is 2. The minimum absolute atomic E-state index is 0.0965. The molecular weight excluding hydrogens is 592 g/mol. The quantitative estimate of drug-likeness (QED) is 0.229. The summed E-state index contributed by atoms with van der Waals surface area (Å²) in [6.07, 6.45) is 23.6. The standard InChI is InChI=1S/C40H30N8/c1-2-30-38(26-11-19-42-20-12-26)32-5-6-34(47-32)40(28-15-23-44-24-16-28)36-8-7-35(48-36)39(27-13-21-43-22-14-27)33-4-3-31(46-33)37(29(1)45-30)25-9-17-41-18-10-25/h1-24,29,35,45-48H/b37-31-,38-30-,39-33?,40-36-. The highest BCUT2D eigenvalue weighted by atomic mass is 15.0. The molecule has 9 heterocycles. The lowest BCUT2D eigenvalue weighted by molar-refractivity contribution is 0.849. The number of fused-ring (bicyclic) bond motifs is 8. The van der Waals surface area contributed by atoms with Gasteiger partial charge in [0.15, 0.2) is 0 Å². The molecule has 3 aliphatic heterocycles. The third-order valence-electron chi connectivity index (χ3n) is 9.11. The highest BCUT2D eigenvalue weighted by Crippen LogP contribution is 2.35. The van der Waals surface area contributed by atoms with Crippen LogP contribution in [-0.2, 0) is 0 Å². The molecule has 2 atom stereocenters. The van der Waals surface area contributed by atoms with Gasteiger partial charge in [0.1, 0.15) is 0 Å². The molecule has 48 heavy (non-hydrogen) atoms. The summed E-state index contributed by atoms with van der Waals surface area (Å²) in [5.41, 5.74) is 12.7. The van der Waals surface area contributed by atoms with Crippen LogP contribution < -0.4 is 21.3 Å². The van der Waals surface area contributed by atoms with Crippen molar-refractivity contribution < 1.29 is 0 Å². The molecule has 8 nitrogen and oxygen atoms in total. The van der Waals surface area contributed by atoms with Crippen LogP contribution in [0.25, 0.3) is 22.3 Å². The predicted octanol–water partition coefficient (Wildman–Crippen LogP) is 4.61. The first-order valence-corrected chi connectivity index (χ1v) is 15.9.